The van der Waals surface area contributed by atoms with Crippen molar-refractivity contribution in [1.82, 2.24) is 19.1 Å². The second kappa shape index (κ2) is 9.69. The zero-order valence-electron chi connectivity index (χ0n) is 18.3. The molecule has 35 heavy (non-hydrogen) atoms. The van der Waals surface area contributed by atoms with Gasteiger partial charge in [-0.3, -0.25) is 19.0 Å². The summed E-state index contributed by atoms with van der Waals surface area (Å²) in [5.74, 6) is 0.0306. The molecule has 1 N–H and O–H groups in total. The van der Waals surface area contributed by atoms with Gasteiger partial charge in [-0.1, -0.05) is 17.7 Å². The molecule has 5 rings (SSSR count). The maximum absolute atomic E-state index is 12.4. The van der Waals surface area contributed by atoms with Crippen molar-refractivity contribution in [2.45, 2.75) is 12.8 Å². The van der Waals surface area contributed by atoms with Crippen molar-refractivity contribution in [3.8, 4) is 22.5 Å². The molecule has 0 unspecified atom stereocenters. The number of aromatic nitrogens is 4. The fourth-order valence-electron chi connectivity index (χ4n) is 3.80. The molecule has 0 aliphatic carbocycles. The van der Waals surface area contributed by atoms with Crippen molar-refractivity contribution in [2.24, 2.45) is 0 Å². The molecule has 9 heteroatoms. The summed E-state index contributed by atoms with van der Waals surface area (Å²) in [5.41, 5.74) is 3.53. The van der Waals surface area contributed by atoms with Crippen LogP contribution >= 0.6 is 22.9 Å². The Labute approximate surface area is 208 Å². The Morgan fingerprint density at radius 3 is 2.69 bits per heavy atom. The van der Waals surface area contributed by atoms with Gasteiger partial charge >= 0.3 is 0 Å². The van der Waals surface area contributed by atoms with Gasteiger partial charge in [0.15, 0.2) is 5.78 Å². The van der Waals surface area contributed by atoms with Gasteiger partial charge in [0.1, 0.15) is 0 Å². The van der Waals surface area contributed by atoms with Crippen molar-refractivity contribution < 1.29 is 4.79 Å². The first-order valence-electron chi connectivity index (χ1n) is 10.8. The molecule has 1 aromatic carbocycles. The quantitative estimate of drug-likeness (QED) is 0.320. The first kappa shape index (κ1) is 22.8. The van der Waals surface area contributed by atoms with Gasteiger partial charge in [-0.15, -0.1) is 11.3 Å². The predicted molar refractivity (Wildman–Crippen MR) is 137 cm³/mol. The molecule has 0 saturated heterocycles. The number of aromatic amines is 1. The third-order valence-corrected chi connectivity index (χ3v) is 6.82. The number of nitrogens with zero attached hydrogens (tertiary/aromatic N) is 3. The van der Waals surface area contributed by atoms with E-state index in [1.807, 2.05) is 29.0 Å². The number of H-pyrrole nitrogens is 1. The van der Waals surface area contributed by atoms with Gasteiger partial charge in [-0.25, -0.2) is 4.98 Å². The van der Waals surface area contributed by atoms with Crippen LogP contribution in [0.15, 0.2) is 95.2 Å². The van der Waals surface area contributed by atoms with Crippen molar-refractivity contribution in [1.29, 1.82) is 0 Å². The van der Waals surface area contributed by atoms with Gasteiger partial charge in [-0.05, 0) is 48.9 Å². The number of carbonyl (C=O) groups is 1. The van der Waals surface area contributed by atoms with Crippen molar-refractivity contribution >= 4 is 28.7 Å². The third kappa shape index (κ3) is 4.94. The summed E-state index contributed by atoms with van der Waals surface area (Å²) >= 11 is 7.21. The number of carbonyl (C=O) groups excluding carboxylic acids is 1. The molecule has 5 aromatic rings. The number of nitrogens with one attached hydrogen (secondary N) is 1. The average molecular weight is 503 g/mol. The molecule has 0 fully saturated rings. The monoisotopic (exact) mass is 502 g/mol. The Hall–Kier alpha value is -4.01. The van der Waals surface area contributed by atoms with E-state index in [1.165, 1.54) is 23.5 Å². The second-order valence-corrected chi connectivity index (χ2v) is 9.57. The molecule has 0 spiro atoms. The van der Waals surface area contributed by atoms with Crippen LogP contribution in [0.3, 0.4) is 0 Å². The molecular weight excluding hydrogens is 484 g/mol. The third-order valence-electron chi connectivity index (χ3n) is 5.55. The lowest BCUT2D eigenvalue weighted by molar-refractivity contribution is 0.0986. The van der Waals surface area contributed by atoms with Crippen LogP contribution in [0.4, 0.5) is 0 Å². The van der Waals surface area contributed by atoms with E-state index >= 15 is 0 Å². The minimum atomic E-state index is -0.202. The number of hydrogen-bond acceptors (Lipinski definition) is 5. The van der Waals surface area contributed by atoms with Crippen LogP contribution in [0, 0.1) is 0 Å². The zero-order valence-corrected chi connectivity index (χ0v) is 19.9. The van der Waals surface area contributed by atoms with E-state index in [9.17, 15) is 14.4 Å². The van der Waals surface area contributed by atoms with E-state index < -0.39 is 0 Å². The van der Waals surface area contributed by atoms with Crippen molar-refractivity contribution in [3.63, 3.8) is 0 Å². The molecule has 0 atom stereocenters. The maximum Gasteiger partial charge on any atom is 0.255 e. The SMILES string of the molecule is O=C(CCc1cn(-c2ccc(-n3ccccc3=O)cc2-c2ccc(=O)[nH]c2)cn1)c1ccc(Cl)s1. The Kier molecular flexibility index (Phi) is 6.31. The molecule has 0 radical (unpaired) electrons. The summed E-state index contributed by atoms with van der Waals surface area (Å²) in [5, 5.41) is 0. The normalized spacial score (nSPS) is 11.0. The predicted octanol–water partition coefficient (Wildman–Crippen LogP) is 4.91. The number of thiophene rings is 1. The molecule has 0 aliphatic rings. The first-order valence-corrected chi connectivity index (χ1v) is 12.0. The van der Waals surface area contributed by atoms with Crippen molar-refractivity contribution in [3.05, 3.63) is 121 Å². The number of benzene rings is 1. The molecule has 0 aliphatic heterocycles. The minimum Gasteiger partial charge on any atom is -0.328 e. The average Bonchev–Trinajstić information content (AvgIpc) is 3.52. The fraction of sp³-hybridized carbons (Fsp3) is 0.0769. The van der Waals surface area contributed by atoms with Gasteiger partial charge in [-0.2, -0.15) is 0 Å². The Balaban J connectivity index is 1.48. The molecular formula is C26H19ClN4O3S. The van der Waals surface area contributed by atoms with Crippen LogP contribution in [-0.2, 0) is 6.42 Å². The highest BCUT2D eigenvalue weighted by Gasteiger charge is 2.13. The molecule has 0 saturated carbocycles. The topological polar surface area (TPSA) is 89.8 Å². The van der Waals surface area contributed by atoms with E-state index in [2.05, 4.69) is 9.97 Å². The van der Waals surface area contributed by atoms with Crippen LogP contribution in [0.5, 0.6) is 0 Å². The van der Waals surface area contributed by atoms with E-state index in [-0.39, 0.29) is 16.9 Å². The number of ketones is 1. The van der Waals surface area contributed by atoms with E-state index in [4.69, 9.17) is 11.6 Å². The van der Waals surface area contributed by atoms with Gasteiger partial charge in [0.2, 0.25) is 5.56 Å². The number of halogens is 1. The van der Waals surface area contributed by atoms with Gasteiger partial charge < -0.3 is 9.55 Å². The lowest BCUT2D eigenvalue weighted by atomic mass is 10.0. The van der Waals surface area contributed by atoms with Crippen molar-refractivity contribution in [2.75, 3.05) is 0 Å². The van der Waals surface area contributed by atoms with E-state index in [0.717, 1.165) is 22.5 Å². The number of imidazole rings is 1. The number of Topliss-reactive ketones (excluding diaryl/α,β-unsaturated/α-hetero) is 1. The highest BCUT2D eigenvalue weighted by molar-refractivity contribution is 7.18. The maximum atomic E-state index is 12.4. The van der Waals surface area contributed by atoms with E-state index in [0.29, 0.717) is 27.7 Å². The minimum absolute atomic E-state index is 0.0306. The number of rotatable bonds is 7. The van der Waals surface area contributed by atoms with Gasteiger partial charge in [0, 0.05) is 54.0 Å². The Bertz CT molecular complexity index is 1630. The number of pyridine rings is 2. The second-order valence-electron chi connectivity index (χ2n) is 7.85. The number of hydrogen-bond donors (Lipinski definition) is 1. The first-order chi connectivity index (χ1) is 17.0. The Morgan fingerprint density at radius 1 is 1.06 bits per heavy atom. The summed E-state index contributed by atoms with van der Waals surface area (Å²) in [6.07, 6.45) is 7.75. The molecule has 174 valence electrons. The number of aryl methyl sites for hydroxylation is 1. The van der Waals surface area contributed by atoms with Crippen LogP contribution < -0.4 is 11.1 Å². The summed E-state index contributed by atoms with van der Waals surface area (Å²) in [7, 11) is 0. The molecule has 0 amide bonds. The molecule has 7 nitrogen and oxygen atoms in total. The van der Waals surface area contributed by atoms with Crippen LogP contribution in [0.1, 0.15) is 21.8 Å². The van der Waals surface area contributed by atoms with Gasteiger partial charge in [0.25, 0.3) is 5.56 Å². The Morgan fingerprint density at radius 2 is 1.94 bits per heavy atom. The smallest absolute Gasteiger partial charge is 0.255 e. The highest BCUT2D eigenvalue weighted by atomic mass is 35.5. The largest absolute Gasteiger partial charge is 0.328 e. The zero-order chi connectivity index (χ0) is 24.4. The summed E-state index contributed by atoms with van der Waals surface area (Å²) in [6.45, 7) is 0. The fourth-order valence-corrected chi connectivity index (χ4v) is 4.81. The summed E-state index contributed by atoms with van der Waals surface area (Å²) in [6, 6.07) is 17.3. The highest BCUT2D eigenvalue weighted by Crippen LogP contribution is 2.29. The molecule has 0 bridgehead atoms. The summed E-state index contributed by atoms with van der Waals surface area (Å²) in [4.78, 5) is 44.3. The van der Waals surface area contributed by atoms with Crippen LogP contribution in [0.2, 0.25) is 4.34 Å². The van der Waals surface area contributed by atoms with Gasteiger partial charge in [0.05, 0.1) is 26.9 Å². The van der Waals surface area contributed by atoms with Crippen LogP contribution in [-0.4, -0.2) is 24.9 Å². The molecule has 4 heterocycles. The van der Waals surface area contributed by atoms with Crippen LogP contribution in [0.25, 0.3) is 22.5 Å². The standard InChI is InChI=1S/C26H19ClN4O3S/c27-24-10-9-23(35-24)22(32)8-5-18-15-30(16-29-18)21-7-6-19(31-12-2-1-3-26(31)34)13-20(21)17-4-11-25(33)28-14-17/h1-4,6-7,9-16H,5,8H2,(H,28,33). The summed E-state index contributed by atoms with van der Waals surface area (Å²) < 4.78 is 4.02. The van der Waals surface area contributed by atoms with E-state index in [1.54, 1.807) is 53.6 Å². The lowest BCUT2D eigenvalue weighted by Gasteiger charge is -2.14. The molecule has 4 aromatic heterocycles. The lowest BCUT2D eigenvalue weighted by Crippen LogP contribution is -2.15.